The average Bonchev–Trinajstić information content (AvgIpc) is 2.47. The maximum Gasteiger partial charge on any atom is 0.338 e. The van der Waals surface area contributed by atoms with Gasteiger partial charge < -0.3 is 19.7 Å². The van der Waals surface area contributed by atoms with Gasteiger partial charge in [0.25, 0.3) is 0 Å². The van der Waals surface area contributed by atoms with Crippen molar-refractivity contribution in [3.05, 3.63) is 35.4 Å². The molecule has 1 rings (SSSR count). The largest absolute Gasteiger partial charge is 0.462 e. The third-order valence-electron chi connectivity index (χ3n) is 2.41. The molecule has 21 heavy (non-hydrogen) atoms. The van der Waals surface area contributed by atoms with Crippen molar-refractivity contribution in [1.82, 2.24) is 0 Å². The van der Waals surface area contributed by atoms with Gasteiger partial charge in [-0.2, -0.15) is 0 Å². The third kappa shape index (κ3) is 7.59. The molecule has 0 aliphatic rings. The molecular weight excluding hydrogens is 287 g/mol. The van der Waals surface area contributed by atoms with Crippen molar-refractivity contribution < 1.29 is 29.3 Å². The molecule has 0 saturated carbocycles. The molecule has 0 aliphatic heterocycles. The van der Waals surface area contributed by atoms with E-state index < -0.39 is 11.9 Å². The van der Waals surface area contributed by atoms with Crippen LogP contribution >= 0.6 is 0 Å². The predicted octanol–water partition coefficient (Wildman–Crippen LogP) is 0.384. The number of hydrogen-bond donors (Lipinski definition) is 2. The van der Waals surface area contributed by atoms with E-state index in [-0.39, 0.29) is 67.1 Å². The van der Waals surface area contributed by atoms with E-state index in [0.717, 1.165) is 0 Å². The van der Waals surface area contributed by atoms with E-state index in [1.54, 1.807) is 6.07 Å². The smallest absolute Gasteiger partial charge is 0.338 e. The van der Waals surface area contributed by atoms with Crippen LogP contribution in [0.15, 0.2) is 24.3 Å². The normalized spacial score (nSPS) is 9.62. The first-order chi connectivity index (χ1) is 9.69. The molecule has 0 amide bonds. The van der Waals surface area contributed by atoms with Gasteiger partial charge in [-0.3, -0.25) is 0 Å². The van der Waals surface area contributed by atoms with E-state index in [1.807, 2.05) is 0 Å². The molecule has 0 spiro atoms. The molecule has 0 aliphatic carbocycles. The molecule has 1 aromatic carbocycles. The van der Waals surface area contributed by atoms with Crippen LogP contribution in [0.2, 0.25) is 0 Å². The summed E-state index contributed by atoms with van der Waals surface area (Å²) in [6, 6.07) is 6.02. The quantitative estimate of drug-likeness (QED) is 0.410. The molecule has 1 radical (unpaired) electrons. The number of ether oxygens (including phenoxy) is 2. The minimum atomic E-state index is -0.552. The van der Waals surface area contributed by atoms with Gasteiger partial charge in [-0.05, 0) is 18.2 Å². The molecule has 0 heterocycles. The summed E-state index contributed by atoms with van der Waals surface area (Å²) < 4.78 is 9.84. The molecule has 1 aromatic rings. The van der Waals surface area contributed by atoms with Gasteiger partial charge in [-0.25, -0.2) is 9.59 Å². The Balaban J connectivity index is 0.00000400. The van der Waals surface area contributed by atoms with Gasteiger partial charge in [0, 0.05) is 55.6 Å². The number of hydrogen-bond acceptors (Lipinski definition) is 6. The summed E-state index contributed by atoms with van der Waals surface area (Å²) >= 11 is 0. The van der Waals surface area contributed by atoms with Gasteiger partial charge in [-0.15, -0.1) is 0 Å². The fraction of sp³-hybridized carbons (Fsp3) is 0.429. The number of aliphatic hydroxyl groups is 2. The summed E-state index contributed by atoms with van der Waals surface area (Å²) in [5.74, 6) is -1.10. The van der Waals surface area contributed by atoms with Crippen molar-refractivity contribution in [3.63, 3.8) is 0 Å². The molecule has 0 aromatic heterocycles. The molecule has 0 bridgehead atoms. The number of esters is 2. The topological polar surface area (TPSA) is 93.1 Å². The Morgan fingerprint density at radius 3 is 1.71 bits per heavy atom. The van der Waals surface area contributed by atoms with Crippen LogP contribution in [-0.4, -0.2) is 78.1 Å². The van der Waals surface area contributed by atoms with Crippen molar-refractivity contribution in [2.75, 3.05) is 26.4 Å². The summed E-state index contributed by atoms with van der Waals surface area (Å²) in [6.07, 6.45) is 0.739. The molecule has 2 N–H and O–H groups in total. The fourth-order valence-electron chi connectivity index (χ4n) is 1.40. The maximum atomic E-state index is 11.7. The average molecular weight is 305 g/mol. The first kappa shape index (κ1) is 20.1. The summed E-state index contributed by atoms with van der Waals surface area (Å²) in [6.45, 7) is 0.149. The Hall–Kier alpha value is -0.920. The second kappa shape index (κ2) is 11.7. The zero-order valence-corrected chi connectivity index (χ0v) is 14.1. The Kier molecular flexibility index (Phi) is 11.2. The first-order valence-corrected chi connectivity index (χ1v) is 6.35. The number of aliphatic hydroxyl groups excluding tert-OH is 2. The van der Waals surface area contributed by atoms with Crippen LogP contribution in [0.25, 0.3) is 0 Å². The molecule has 0 unspecified atom stereocenters. The number of carbonyl (C=O) groups excluding carboxylic acids is 2. The van der Waals surface area contributed by atoms with E-state index in [0.29, 0.717) is 12.8 Å². The molecule has 0 saturated heterocycles. The van der Waals surface area contributed by atoms with Crippen LogP contribution in [-0.2, 0) is 9.47 Å². The van der Waals surface area contributed by atoms with Crippen LogP contribution < -0.4 is 0 Å². The van der Waals surface area contributed by atoms with Gasteiger partial charge in [0.1, 0.15) is 0 Å². The minimum absolute atomic E-state index is 0. The van der Waals surface area contributed by atoms with Gasteiger partial charge in [0.2, 0.25) is 0 Å². The Bertz CT molecular complexity index is 412. The first-order valence-electron chi connectivity index (χ1n) is 6.35. The Morgan fingerprint density at radius 1 is 0.905 bits per heavy atom. The number of rotatable bonds is 8. The van der Waals surface area contributed by atoms with Gasteiger partial charge in [0.05, 0.1) is 24.3 Å². The summed E-state index contributed by atoms with van der Waals surface area (Å²) in [7, 11) is 0. The van der Waals surface area contributed by atoms with Crippen molar-refractivity contribution in [2.45, 2.75) is 12.8 Å². The van der Waals surface area contributed by atoms with Gasteiger partial charge in [-0.1, -0.05) is 6.07 Å². The predicted molar refractivity (Wildman–Crippen MR) is 76.2 cm³/mol. The molecule has 111 valence electrons. The molecule has 0 fully saturated rings. The fourth-order valence-corrected chi connectivity index (χ4v) is 1.40. The van der Waals surface area contributed by atoms with Crippen molar-refractivity contribution >= 4 is 41.5 Å². The second-order valence-electron chi connectivity index (χ2n) is 4.01. The van der Waals surface area contributed by atoms with Crippen LogP contribution in [0.3, 0.4) is 0 Å². The van der Waals surface area contributed by atoms with E-state index >= 15 is 0 Å². The summed E-state index contributed by atoms with van der Waals surface area (Å²) in [4.78, 5) is 23.3. The standard InChI is InChI=1S/C14H18O6.Na/c15-6-2-8-19-13(17)11-4-1-5-12(10-11)14(18)20-9-3-7-16;/h1,4-5,10,15-16H,2-3,6-9H2;. The van der Waals surface area contributed by atoms with Crippen LogP contribution in [0, 0.1) is 0 Å². The van der Waals surface area contributed by atoms with E-state index in [1.165, 1.54) is 18.2 Å². The zero-order chi connectivity index (χ0) is 14.8. The maximum absolute atomic E-state index is 11.7. The monoisotopic (exact) mass is 305 g/mol. The van der Waals surface area contributed by atoms with E-state index in [9.17, 15) is 9.59 Å². The van der Waals surface area contributed by atoms with Gasteiger partial charge >= 0.3 is 11.9 Å². The number of benzene rings is 1. The SMILES string of the molecule is O=C(OCCCO)c1cccc(C(=O)OCCCO)c1.[Na]. The Labute approximate surface area is 145 Å². The summed E-state index contributed by atoms with van der Waals surface area (Å²) in [5, 5.41) is 17.2. The van der Waals surface area contributed by atoms with Crippen molar-refractivity contribution in [2.24, 2.45) is 0 Å². The summed E-state index contributed by atoms with van der Waals surface area (Å²) in [5.41, 5.74) is 0.499. The van der Waals surface area contributed by atoms with Crippen molar-refractivity contribution in [1.29, 1.82) is 0 Å². The Morgan fingerprint density at radius 2 is 1.33 bits per heavy atom. The van der Waals surface area contributed by atoms with E-state index in [4.69, 9.17) is 19.7 Å². The molecule has 7 heteroatoms. The van der Waals surface area contributed by atoms with E-state index in [2.05, 4.69) is 0 Å². The number of carbonyl (C=O) groups is 2. The molecule has 6 nitrogen and oxygen atoms in total. The third-order valence-corrected chi connectivity index (χ3v) is 2.41. The molecule has 0 atom stereocenters. The van der Waals surface area contributed by atoms with Crippen LogP contribution in [0.4, 0.5) is 0 Å². The molecular formula is C14H18NaO6. The minimum Gasteiger partial charge on any atom is -0.462 e. The van der Waals surface area contributed by atoms with Crippen LogP contribution in [0.1, 0.15) is 33.6 Å². The van der Waals surface area contributed by atoms with Gasteiger partial charge in [0.15, 0.2) is 0 Å². The van der Waals surface area contributed by atoms with Crippen molar-refractivity contribution in [3.8, 4) is 0 Å². The second-order valence-corrected chi connectivity index (χ2v) is 4.01. The zero-order valence-electron chi connectivity index (χ0n) is 12.1. The van der Waals surface area contributed by atoms with Crippen LogP contribution in [0.5, 0.6) is 0 Å².